The minimum atomic E-state index is -0.663. The van der Waals surface area contributed by atoms with Gasteiger partial charge in [0.05, 0.1) is 12.6 Å². The van der Waals surface area contributed by atoms with Gasteiger partial charge in [-0.25, -0.2) is 0 Å². The molecular weight excluding hydrogens is 238 g/mol. The van der Waals surface area contributed by atoms with Crippen LogP contribution in [0.15, 0.2) is 0 Å². The van der Waals surface area contributed by atoms with Crippen molar-refractivity contribution >= 4 is 5.91 Å². The molecule has 106 valence electrons. The molecule has 0 aromatic carbocycles. The van der Waals surface area contributed by atoms with Crippen LogP contribution in [0, 0.1) is 29.1 Å². The lowest BCUT2D eigenvalue weighted by Gasteiger charge is -2.35. The Labute approximate surface area is 116 Å². The summed E-state index contributed by atoms with van der Waals surface area (Å²) in [5.41, 5.74) is -0.663. The van der Waals surface area contributed by atoms with Crippen LogP contribution in [-0.2, 0) is 4.79 Å². The average molecular weight is 263 g/mol. The van der Waals surface area contributed by atoms with Crippen LogP contribution in [0.1, 0.15) is 40.0 Å². The minimum Gasteiger partial charge on any atom is -0.337 e. The number of carbonyl (C=O) groups is 1. The molecule has 2 aliphatic rings. The molecule has 1 aliphatic heterocycles. The van der Waals surface area contributed by atoms with Crippen LogP contribution >= 0.6 is 0 Å². The molecule has 19 heavy (non-hydrogen) atoms. The number of nitriles is 1. The van der Waals surface area contributed by atoms with Gasteiger partial charge in [-0.2, -0.15) is 5.26 Å². The summed E-state index contributed by atoms with van der Waals surface area (Å²) in [6.45, 7) is 8.74. The third-order valence-corrected chi connectivity index (χ3v) is 4.34. The van der Waals surface area contributed by atoms with Crippen molar-refractivity contribution in [3.05, 3.63) is 0 Å². The van der Waals surface area contributed by atoms with E-state index >= 15 is 0 Å². The van der Waals surface area contributed by atoms with Crippen molar-refractivity contribution in [1.82, 2.24) is 10.2 Å². The van der Waals surface area contributed by atoms with Crippen LogP contribution in [0.4, 0.5) is 0 Å². The first-order valence-corrected chi connectivity index (χ1v) is 7.37. The maximum Gasteiger partial charge on any atom is 0.235 e. The number of likely N-dealkylation sites (tertiary alicyclic amines) is 1. The first kappa shape index (κ1) is 14.3. The van der Waals surface area contributed by atoms with Crippen LogP contribution in [0.5, 0.6) is 0 Å². The van der Waals surface area contributed by atoms with E-state index in [4.69, 9.17) is 0 Å². The van der Waals surface area contributed by atoms with E-state index in [9.17, 15) is 10.1 Å². The van der Waals surface area contributed by atoms with E-state index in [-0.39, 0.29) is 5.91 Å². The molecule has 0 bridgehead atoms. The lowest BCUT2D eigenvalue weighted by Crippen LogP contribution is -2.51. The minimum absolute atomic E-state index is 0.00255. The van der Waals surface area contributed by atoms with Gasteiger partial charge in [-0.1, -0.05) is 13.8 Å². The number of carbonyl (C=O) groups excluding carboxylic acids is 1. The highest BCUT2D eigenvalue weighted by atomic mass is 16.2. The maximum atomic E-state index is 12.1. The summed E-state index contributed by atoms with van der Waals surface area (Å²) >= 11 is 0. The second-order valence-electron chi connectivity index (χ2n) is 6.78. The van der Waals surface area contributed by atoms with E-state index in [1.54, 1.807) is 0 Å². The van der Waals surface area contributed by atoms with Crippen molar-refractivity contribution in [1.29, 1.82) is 5.26 Å². The maximum absolute atomic E-state index is 12.1. The second-order valence-corrected chi connectivity index (χ2v) is 6.78. The molecule has 2 fully saturated rings. The highest BCUT2D eigenvalue weighted by Gasteiger charge is 2.43. The van der Waals surface area contributed by atoms with Crippen LogP contribution in [0.2, 0.25) is 0 Å². The van der Waals surface area contributed by atoms with Crippen LogP contribution in [0.25, 0.3) is 0 Å². The zero-order valence-corrected chi connectivity index (χ0v) is 12.3. The lowest BCUT2D eigenvalue weighted by molar-refractivity contribution is -0.124. The van der Waals surface area contributed by atoms with Gasteiger partial charge in [0.1, 0.15) is 5.54 Å². The molecule has 1 N–H and O–H groups in total. The summed E-state index contributed by atoms with van der Waals surface area (Å²) in [5.74, 6) is 1.66. The molecule has 0 aromatic heterocycles. The Morgan fingerprint density at radius 3 is 2.42 bits per heavy atom. The zero-order chi connectivity index (χ0) is 14.0. The summed E-state index contributed by atoms with van der Waals surface area (Å²) < 4.78 is 0. The Morgan fingerprint density at radius 2 is 1.95 bits per heavy atom. The Morgan fingerprint density at radius 1 is 1.37 bits per heavy atom. The molecule has 1 heterocycles. The summed E-state index contributed by atoms with van der Waals surface area (Å²) in [4.78, 5) is 14.3. The molecule has 1 aliphatic carbocycles. The molecule has 1 saturated carbocycles. The fourth-order valence-electron chi connectivity index (χ4n) is 3.34. The number of nitrogens with one attached hydrogen (secondary N) is 1. The van der Waals surface area contributed by atoms with Crippen molar-refractivity contribution in [2.24, 2.45) is 17.8 Å². The fourth-order valence-corrected chi connectivity index (χ4v) is 3.34. The first-order chi connectivity index (χ1) is 8.93. The number of rotatable bonds is 4. The van der Waals surface area contributed by atoms with Gasteiger partial charge in [0.15, 0.2) is 0 Å². The van der Waals surface area contributed by atoms with Gasteiger partial charge in [-0.15, -0.1) is 0 Å². The topological polar surface area (TPSA) is 56.1 Å². The highest BCUT2D eigenvalue weighted by molar-refractivity contribution is 5.79. The summed E-state index contributed by atoms with van der Waals surface area (Å²) in [6, 6.07) is 2.28. The third-order valence-electron chi connectivity index (χ3n) is 4.34. The molecule has 4 heteroatoms. The molecule has 0 unspecified atom stereocenters. The van der Waals surface area contributed by atoms with Crippen molar-refractivity contribution in [2.45, 2.75) is 45.6 Å². The second kappa shape index (κ2) is 5.50. The molecule has 4 nitrogen and oxygen atoms in total. The number of piperidine rings is 1. The van der Waals surface area contributed by atoms with E-state index < -0.39 is 5.54 Å². The molecule has 0 spiro atoms. The van der Waals surface area contributed by atoms with E-state index in [0.717, 1.165) is 25.9 Å². The van der Waals surface area contributed by atoms with Crippen molar-refractivity contribution in [2.75, 3.05) is 19.6 Å². The van der Waals surface area contributed by atoms with Gasteiger partial charge in [0.25, 0.3) is 0 Å². The molecule has 0 radical (unpaired) electrons. The van der Waals surface area contributed by atoms with E-state index in [1.165, 1.54) is 6.42 Å². The average Bonchev–Trinajstić information content (AvgIpc) is 3.10. The number of nitrogens with zero attached hydrogens (tertiary/aromatic N) is 2. The van der Waals surface area contributed by atoms with Crippen LogP contribution in [0.3, 0.4) is 0 Å². The Balaban J connectivity index is 1.85. The van der Waals surface area contributed by atoms with Gasteiger partial charge >= 0.3 is 0 Å². The summed E-state index contributed by atoms with van der Waals surface area (Å²) in [6.07, 6.45) is 3.36. The van der Waals surface area contributed by atoms with Crippen LogP contribution in [-0.4, -0.2) is 36.0 Å². The smallest absolute Gasteiger partial charge is 0.235 e. The van der Waals surface area contributed by atoms with Gasteiger partial charge in [-0.05, 0) is 43.9 Å². The number of amides is 1. The quantitative estimate of drug-likeness (QED) is 0.841. The predicted octanol–water partition coefficient (Wildman–Crippen LogP) is 1.77. The number of hydrogen-bond acceptors (Lipinski definition) is 3. The van der Waals surface area contributed by atoms with E-state index in [2.05, 4.69) is 30.1 Å². The largest absolute Gasteiger partial charge is 0.337 e. The van der Waals surface area contributed by atoms with Crippen LogP contribution < -0.4 is 5.32 Å². The van der Waals surface area contributed by atoms with Crippen molar-refractivity contribution in [3.8, 4) is 6.07 Å². The predicted molar refractivity (Wildman–Crippen MR) is 74.3 cm³/mol. The van der Waals surface area contributed by atoms with Gasteiger partial charge in [0, 0.05) is 13.1 Å². The fraction of sp³-hybridized carbons (Fsp3) is 0.867. The SMILES string of the molecule is C[C@@H]1C[C@H](C)CN(CC(=O)N[C@@](C)(C#N)C2CC2)C1. The number of hydrogen-bond donors (Lipinski definition) is 1. The molecule has 1 saturated heterocycles. The molecule has 2 rings (SSSR count). The molecule has 0 aromatic rings. The van der Waals surface area contributed by atoms with Gasteiger partial charge in [-0.3, -0.25) is 9.69 Å². The highest BCUT2D eigenvalue weighted by Crippen LogP contribution is 2.39. The van der Waals surface area contributed by atoms with Gasteiger partial charge in [0.2, 0.25) is 5.91 Å². The normalized spacial score (nSPS) is 31.3. The zero-order valence-electron chi connectivity index (χ0n) is 12.3. The first-order valence-electron chi connectivity index (χ1n) is 7.37. The van der Waals surface area contributed by atoms with E-state index in [0.29, 0.717) is 24.3 Å². The molecular formula is C15H25N3O. The van der Waals surface area contributed by atoms with Crippen molar-refractivity contribution < 1.29 is 4.79 Å². The summed E-state index contributed by atoms with van der Waals surface area (Å²) in [7, 11) is 0. The van der Waals surface area contributed by atoms with Gasteiger partial charge < -0.3 is 5.32 Å². The lowest BCUT2D eigenvalue weighted by atomic mass is 9.92. The monoisotopic (exact) mass is 263 g/mol. The molecule has 3 atom stereocenters. The Bertz CT molecular complexity index is 375. The Kier molecular flexibility index (Phi) is 4.15. The molecule has 1 amide bonds. The van der Waals surface area contributed by atoms with Crippen molar-refractivity contribution in [3.63, 3.8) is 0 Å². The standard InChI is InChI=1S/C15H25N3O/c1-11-6-12(2)8-18(7-11)9-14(19)17-15(3,10-16)13-4-5-13/h11-13H,4-9H2,1-3H3,(H,17,19)/t11-,12+,15-/m0/s1. The van der Waals surface area contributed by atoms with E-state index in [1.807, 2.05) is 6.92 Å². The third kappa shape index (κ3) is 3.70. The summed E-state index contributed by atoms with van der Waals surface area (Å²) in [5, 5.41) is 12.2. The Hall–Kier alpha value is -1.08.